The normalized spacial score (nSPS) is 25.6. The van der Waals surface area contributed by atoms with E-state index < -0.39 is 18.0 Å². The number of carbonyl (C=O) groups excluding carboxylic acids is 2. The van der Waals surface area contributed by atoms with Crippen LogP contribution < -0.4 is 0 Å². The van der Waals surface area contributed by atoms with E-state index >= 15 is 0 Å². The Morgan fingerprint density at radius 1 is 1.65 bits per heavy atom. The van der Waals surface area contributed by atoms with Crippen LogP contribution in [0.3, 0.4) is 0 Å². The lowest BCUT2D eigenvalue weighted by atomic mass is 10.1. The van der Waals surface area contributed by atoms with Gasteiger partial charge in [-0.05, 0) is 20.3 Å². The average Bonchev–Trinajstić information content (AvgIpc) is 2.21. The molecule has 2 atom stereocenters. The highest BCUT2D eigenvalue weighted by Gasteiger charge is 2.39. The topological polar surface area (TPSA) is 72.8 Å². The molecule has 0 spiro atoms. The standard InChI is InChI=1S/C11H18O5S/c1-7(12)17-5-4-8(13)10-9(14)6-15-11(2,3)16-10/h8,10,13H,4-6H2,1-3H3/t8-,10-/m0/s1. The highest BCUT2D eigenvalue weighted by Crippen LogP contribution is 2.23. The van der Waals surface area contributed by atoms with Crippen molar-refractivity contribution >= 4 is 22.7 Å². The van der Waals surface area contributed by atoms with Crippen LogP contribution in [-0.2, 0) is 19.1 Å². The predicted octanol–water partition coefficient (Wildman–Crippen LogP) is 0.738. The first-order chi connectivity index (χ1) is 7.82. The summed E-state index contributed by atoms with van der Waals surface area (Å²) in [4.78, 5) is 22.3. The molecule has 5 nitrogen and oxygen atoms in total. The van der Waals surface area contributed by atoms with Gasteiger partial charge < -0.3 is 14.6 Å². The lowest BCUT2D eigenvalue weighted by molar-refractivity contribution is -0.270. The highest BCUT2D eigenvalue weighted by atomic mass is 32.2. The highest BCUT2D eigenvalue weighted by molar-refractivity contribution is 8.13. The summed E-state index contributed by atoms with van der Waals surface area (Å²) in [6, 6.07) is 0. The van der Waals surface area contributed by atoms with Gasteiger partial charge in [0.1, 0.15) is 12.7 Å². The molecule has 0 aromatic carbocycles. The summed E-state index contributed by atoms with van der Waals surface area (Å²) in [7, 11) is 0. The lowest BCUT2D eigenvalue weighted by Gasteiger charge is -2.36. The number of aliphatic hydroxyl groups is 1. The van der Waals surface area contributed by atoms with Crippen molar-refractivity contribution in [3.05, 3.63) is 0 Å². The molecule has 1 N–H and O–H groups in total. The SMILES string of the molecule is CC(=O)SCC[C@H](O)[C@@H]1OC(C)(C)OCC1=O. The van der Waals surface area contributed by atoms with Gasteiger partial charge in [0.05, 0.1) is 6.10 Å². The Kier molecular flexibility index (Phi) is 5.12. The van der Waals surface area contributed by atoms with E-state index in [1.807, 2.05) is 0 Å². The molecule has 0 aromatic rings. The van der Waals surface area contributed by atoms with Gasteiger partial charge >= 0.3 is 0 Å². The summed E-state index contributed by atoms with van der Waals surface area (Å²) in [5, 5.41) is 9.86. The molecule has 0 aliphatic carbocycles. The number of aliphatic hydroxyl groups excluding tert-OH is 1. The summed E-state index contributed by atoms with van der Waals surface area (Å²) >= 11 is 1.13. The fourth-order valence-electron chi connectivity index (χ4n) is 1.50. The molecular formula is C11H18O5S. The van der Waals surface area contributed by atoms with Crippen LogP contribution in [0.5, 0.6) is 0 Å². The maximum atomic E-state index is 11.5. The number of hydrogen-bond donors (Lipinski definition) is 1. The Labute approximate surface area is 105 Å². The van der Waals surface area contributed by atoms with Crippen molar-refractivity contribution in [3.8, 4) is 0 Å². The lowest BCUT2D eigenvalue weighted by Crippen LogP contribution is -2.51. The van der Waals surface area contributed by atoms with E-state index in [-0.39, 0.29) is 17.5 Å². The van der Waals surface area contributed by atoms with E-state index in [0.717, 1.165) is 11.8 Å². The van der Waals surface area contributed by atoms with Crippen LogP contribution in [0.4, 0.5) is 0 Å². The molecular weight excluding hydrogens is 244 g/mol. The zero-order valence-corrected chi connectivity index (χ0v) is 11.1. The molecule has 17 heavy (non-hydrogen) atoms. The van der Waals surface area contributed by atoms with Crippen LogP contribution in [0, 0.1) is 0 Å². The minimum atomic E-state index is -0.891. The van der Waals surface area contributed by atoms with Crippen LogP contribution in [0.15, 0.2) is 0 Å². The Morgan fingerprint density at radius 3 is 2.88 bits per heavy atom. The summed E-state index contributed by atoms with van der Waals surface area (Å²) in [5.74, 6) is -0.636. The minimum Gasteiger partial charge on any atom is -0.390 e. The van der Waals surface area contributed by atoms with Crippen LogP contribution >= 0.6 is 11.8 Å². The first-order valence-corrected chi connectivity index (χ1v) is 6.46. The summed E-state index contributed by atoms with van der Waals surface area (Å²) < 4.78 is 10.5. The maximum absolute atomic E-state index is 11.5. The van der Waals surface area contributed by atoms with Gasteiger partial charge in [-0.15, -0.1) is 0 Å². The Morgan fingerprint density at radius 2 is 2.29 bits per heavy atom. The van der Waals surface area contributed by atoms with E-state index in [9.17, 15) is 14.7 Å². The molecule has 0 radical (unpaired) electrons. The second-order valence-electron chi connectivity index (χ2n) is 4.39. The minimum absolute atomic E-state index is 0.00301. The zero-order valence-electron chi connectivity index (χ0n) is 10.3. The first-order valence-electron chi connectivity index (χ1n) is 5.48. The maximum Gasteiger partial charge on any atom is 0.190 e. The van der Waals surface area contributed by atoms with Gasteiger partial charge in [0, 0.05) is 12.7 Å². The molecule has 0 amide bonds. The first kappa shape index (κ1) is 14.6. The van der Waals surface area contributed by atoms with Crippen LogP contribution in [0.1, 0.15) is 27.2 Å². The van der Waals surface area contributed by atoms with Crippen molar-refractivity contribution in [1.82, 2.24) is 0 Å². The Balaban J connectivity index is 2.46. The van der Waals surface area contributed by atoms with Gasteiger partial charge in [-0.3, -0.25) is 9.59 Å². The molecule has 1 fully saturated rings. The number of Topliss-reactive ketones (excluding diaryl/α,β-unsaturated/α-hetero) is 1. The number of hydrogen-bond acceptors (Lipinski definition) is 6. The smallest absolute Gasteiger partial charge is 0.190 e. The number of rotatable bonds is 4. The molecule has 1 rings (SSSR count). The zero-order chi connectivity index (χ0) is 13.1. The van der Waals surface area contributed by atoms with E-state index in [4.69, 9.17) is 9.47 Å². The van der Waals surface area contributed by atoms with Gasteiger partial charge in [0.25, 0.3) is 0 Å². The largest absolute Gasteiger partial charge is 0.390 e. The van der Waals surface area contributed by atoms with E-state index in [2.05, 4.69) is 0 Å². The molecule has 1 saturated heterocycles. The number of ketones is 1. The van der Waals surface area contributed by atoms with Gasteiger partial charge in [-0.2, -0.15) is 0 Å². The third-order valence-electron chi connectivity index (χ3n) is 2.36. The predicted molar refractivity (Wildman–Crippen MR) is 63.7 cm³/mol. The van der Waals surface area contributed by atoms with Crippen LogP contribution in [-0.4, -0.2) is 46.4 Å². The Hall–Kier alpha value is -0.430. The monoisotopic (exact) mass is 262 g/mol. The molecule has 0 unspecified atom stereocenters. The number of thioether (sulfide) groups is 1. The molecule has 1 aliphatic rings. The molecule has 1 aliphatic heterocycles. The van der Waals surface area contributed by atoms with Crippen molar-refractivity contribution < 1.29 is 24.2 Å². The fraction of sp³-hybridized carbons (Fsp3) is 0.818. The molecule has 0 bridgehead atoms. The number of ether oxygens (including phenoxy) is 2. The molecule has 0 saturated carbocycles. The second kappa shape index (κ2) is 5.95. The quantitative estimate of drug-likeness (QED) is 0.805. The van der Waals surface area contributed by atoms with E-state index in [0.29, 0.717) is 12.2 Å². The van der Waals surface area contributed by atoms with Crippen LogP contribution in [0.25, 0.3) is 0 Å². The van der Waals surface area contributed by atoms with Crippen molar-refractivity contribution in [1.29, 1.82) is 0 Å². The van der Waals surface area contributed by atoms with Crippen molar-refractivity contribution in [2.24, 2.45) is 0 Å². The Bertz CT molecular complexity index is 302. The molecule has 1 heterocycles. The van der Waals surface area contributed by atoms with Gasteiger partial charge in [0.2, 0.25) is 0 Å². The van der Waals surface area contributed by atoms with Gasteiger partial charge in [-0.1, -0.05) is 11.8 Å². The number of carbonyl (C=O) groups is 2. The molecule has 6 heteroatoms. The van der Waals surface area contributed by atoms with E-state index in [1.54, 1.807) is 13.8 Å². The van der Waals surface area contributed by atoms with Crippen LogP contribution in [0.2, 0.25) is 0 Å². The van der Waals surface area contributed by atoms with E-state index in [1.165, 1.54) is 6.92 Å². The van der Waals surface area contributed by atoms with Crippen molar-refractivity contribution in [2.45, 2.75) is 45.2 Å². The van der Waals surface area contributed by atoms with Crippen molar-refractivity contribution in [3.63, 3.8) is 0 Å². The van der Waals surface area contributed by atoms with Gasteiger partial charge in [-0.25, -0.2) is 0 Å². The van der Waals surface area contributed by atoms with Crippen molar-refractivity contribution in [2.75, 3.05) is 12.4 Å². The fourth-order valence-corrected chi connectivity index (χ4v) is 2.15. The third kappa shape index (κ3) is 4.75. The molecule has 98 valence electrons. The molecule has 0 aromatic heterocycles. The second-order valence-corrected chi connectivity index (χ2v) is 5.66. The van der Waals surface area contributed by atoms with Gasteiger partial charge in [0.15, 0.2) is 16.7 Å². The average molecular weight is 262 g/mol. The summed E-state index contributed by atoms with van der Waals surface area (Å²) in [5.41, 5.74) is 0. The summed E-state index contributed by atoms with van der Waals surface area (Å²) in [6.07, 6.45) is -1.40. The third-order valence-corrected chi connectivity index (χ3v) is 3.20. The summed E-state index contributed by atoms with van der Waals surface area (Å²) in [6.45, 7) is 4.82.